The second kappa shape index (κ2) is 5.89. The molecule has 15 heavy (non-hydrogen) atoms. The summed E-state index contributed by atoms with van der Waals surface area (Å²) in [6, 6.07) is 1.37. The first-order chi connectivity index (χ1) is 6.65. The maximum absolute atomic E-state index is 11.4. The van der Waals surface area contributed by atoms with Crippen LogP contribution in [0.5, 0.6) is 0 Å². The van der Waals surface area contributed by atoms with Crippen LogP contribution in [0, 0.1) is 6.92 Å². The Morgan fingerprint density at radius 1 is 1.33 bits per heavy atom. The summed E-state index contributed by atoms with van der Waals surface area (Å²) in [5, 5.41) is 0. The van der Waals surface area contributed by atoms with Gasteiger partial charge in [0.05, 0.1) is 0 Å². The van der Waals surface area contributed by atoms with Gasteiger partial charge in [0.25, 0.3) is 5.92 Å². The normalized spacial score (nSPS) is 22.6. The minimum absolute atomic E-state index is 0.771. The highest BCUT2D eigenvalue weighted by Crippen LogP contribution is 2.20. The smallest absolute Gasteiger partial charge is 0.278 e. The zero-order valence-corrected chi connectivity index (χ0v) is 10.7. The zero-order valence-electron chi connectivity index (χ0n) is 9.66. The van der Waals surface area contributed by atoms with Crippen molar-refractivity contribution in [1.29, 1.82) is 0 Å². The molecule has 1 atom stereocenters. The lowest BCUT2D eigenvalue weighted by molar-refractivity contribution is -0.0216. The standard InChI is InChI=1S/C6H14OSi.C4H6F3/c1-8(2)6-4-3-5-7-8;1-3(5)4(2,6)7/h3-6H2,1-2H3;3H,2H2,1H3. The summed E-state index contributed by atoms with van der Waals surface area (Å²) in [6.07, 6.45) is 0.544. The molecule has 1 unspecified atom stereocenters. The predicted octanol–water partition coefficient (Wildman–Crippen LogP) is 3.82. The average Bonchev–Trinajstić information content (AvgIpc) is 2.02. The molecule has 1 rings (SSSR count). The topological polar surface area (TPSA) is 9.23 Å². The summed E-state index contributed by atoms with van der Waals surface area (Å²) in [6.45, 7) is 8.65. The van der Waals surface area contributed by atoms with Crippen molar-refractivity contribution in [1.82, 2.24) is 0 Å². The summed E-state index contributed by atoms with van der Waals surface area (Å²) in [5.41, 5.74) is 0. The van der Waals surface area contributed by atoms with Crippen LogP contribution < -0.4 is 0 Å². The molecule has 0 N–H and O–H groups in total. The van der Waals surface area contributed by atoms with Gasteiger partial charge in [-0.2, -0.15) is 0 Å². The number of hydrogen-bond donors (Lipinski definition) is 0. The number of alkyl halides is 3. The van der Waals surface area contributed by atoms with Crippen LogP contribution in [0.4, 0.5) is 13.2 Å². The lowest BCUT2D eigenvalue weighted by atomic mass is 10.3. The third-order valence-electron chi connectivity index (χ3n) is 2.25. The Morgan fingerprint density at radius 3 is 1.93 bits per heavy atom. The lowest BCUT2D eigenvalue weighted by Crippen LogP contribution is -2.33. The Bertz CT molecular complexity index is 170. The molecule has 1 aliphatic rings. The van der Waals surface area contributed by atoms with Gasteiger partial charge in [0, 0.05) is 13.5 Å². The van der Waals surface area contributed by atoms with E-state index in [1.165, 1.54) is 18.9 Å². The molecule has 0 saturated carbocycles. The van der Waals surface area contributed by atoms with Crippen molar-refractivity contribution in [2.45, 2.75) is 51.0 Å². The van der Waals surface area contributed by atoms with E-state index in [1.54, 1.807) is 0 Å². The van der Waals surface area contributed by atoms with Crippen LogP contribution in [0.25, 0.3) is 0 Å². The van der Waals surface area contributed by atoms with Gasteiger partial charge < -0.3 is 4.43 Å². The van der Waals surface area contributed by atoms with Gasteiger partial charge >= 0.3 is 0 Å². The van der Waals surface area contributed by atoms with E-state index in [9.17, 15) is 13.2 Å². The molecule has 0 bridgehead atoms. The van der Waals surface area contributed by atoms with Gasteiger partial charge in [-0.3, -0.25) is 0 Å². The van der Waals surface area contributed by atoms with Crippen molar-refractivity contribution in [3.05, 3.63) is 6.92 Å². The first-order valence-electron chi connectivity index (χ1n) is 5.16. The minimum atomic E-state index is -3.42. The van der Waals surface area contributed by atoms with Crippen LogP contribution in [-0.2, 0) is 4.43 Å². The summed E-state index contributed by atoms with van der Waals surface area (Å²) < 4.78 is 39.7. The molecule has 0 amide bonds. The van der Waals surface area contributed by atoms with E-state index in [4.69, 9.17) is 4.43 Å². The van der Waals surface area contributed by atoms with Crippen molar-refractivity contribution < 1.29 is 17.6 Å². The summed E-state index contributed by atoms with van der Waals surface area (Å²) >= 11 is 0. The first-order valence-corrected chi connectivity index (χ1v) is 8.28. The van der Waals surface area contributed by atoms with Crippen molar-refractivity contribution in [2.75, 3.05) is 6.61 Å². The van der Waals surface area contributed by atoms with Crippen molar-refractivity contribution in [3.63, 3.8) is 0 Å². The fraction of sp³-hybridized carbons (Fsp3) is 0.900. The molecule has 0 aromatic heterocycles. The van der Waals surface area contributed by atoms with E-state index in [-0.39, 0.29) is 0 Å². The molecule has 1 heterocycles. The third-order valence-corrected chi connectivity index (χ3v) is 4.79. The fourth-order valence-electron chi connectivity index (χ4n) is 1.07. The molecule has 1 radical (unpaired) electrons. The molecule has 0 aromatic rings. The van der Waals surface area contributed by atoms with Gasteiger partial charge in [0.2, 0.25) is 0 Å². The van der Waals surface area contributed by atoms with Crippen molar-refractivity contribution in [3.8, 4) is 0 Å². The van der Waals surface area contributed by atoms with E-state index in [2.05, 4.69) is 20.0 Å². The Labute approximate surface area is 91.1 Å². The number of halogens is 3. The Kier molecular flexibility index (Phi) is 5.88. The van der Waals surface area contributed by atoms with Gasteiger partial charge in [-0.25, -0.2) is 13.2 Å². The molecule has 0 aromatic carbocycles. The monoisotopic (exact) mass is 241 g/mol. The average molecular weight is 241 g/mol. The van der Waals surface area contributed by atoms with Crippen LogP contribution in [0.1, 0.15) is 19.8 Å². The molecule has 91 valence electrons. The summed E-state index contributed by atoms with van der Waals surface area (Å²) in [4.78, 5) is 0. The fourth-order valence-corrected chi connectivity index (χ4v) is 3.02. The maximum Gasteiger partial charge on any atom is 0.278 e. The molecule has 0 aliphatic carbocycles. The van der Waals surface area contributed by atoms with E-state index in [1.807, 2.05) is 0 Å². The van der Waals surface area contributed by atoms with Crippen molar-refractivity contribution >= 4 is 8.32 Å². The molecule has 1 fully saturated rings. The van der Waals surface area contributed by atoms with E-state index in [0.29, 0.717) is 0 Å². The predicted molar refractivity (Wildman–Crippen MR) is 58.3 cm³/mol. The molecular weight excluding hydrogens is 221 g/mol. The molecular formula is C10H20F3OSi. The zero-order chi connectivity index (χ0) is 12.1. The Morgan fingerprint density at radius 2 is 1.80 bits per heavy atom. The molecule has 1 saturated heterocycles. The van der Waals surface area contributed by atoms with Gasteiger partial charge in [-0.1, -0.05) is 6.42 Å². The molecule has 5 heteroatoms. The van der Waals surface area contributed by atoms with Crippen LogP contribution in [0.3, 0.4) is 0 Å². The highest BCUT2D eigenvalue weighted by Gasteiger charge is 2.29. The Hall–Kier alpha value is -0.0331. The summed E-state index contributed by atoms with van der Waals surface area (Å²) in [5.74, 6) is -3.42. The Balaban J connectivity index is 0.000000265. The first kappa shape index (κ1) is 15.0. The van der Waals surface area contributed by atoms with Crippen LogP contribution in [-0.4, -0.2) is 27.0 Å². The maximum atomic E-state index is 11.4. The number of rotatable bonds is 1. The second-order valence-corrected chi connectivity index (χ2v) is 8.75. The van der Waals surface area contributed by atoms with E-state index in [0.717, 1.165) is 13.5 Å². The molecule has 0 spiro atoms. The lowest BCUT2D eigenvalue weighted by Gasteiger charge is -2.27. The SMILES string of the molecule is C[Si]1(C)CCCCO1.[CH2]C(F)(F)C(C)F. The van der Waals surface area contributed by atoms with Gasteiger partial charge in [0.15, 0.2) is 14.5 Å². The largest absolute Gasteiger partial charge is 0.417 e. The highest BCUT2D eigenvalue weighted by molar-refractivity contribution is 6.71. The van der Waals surface area contributed by atoms with Crippen LogP contribution >= 0.6 is 0 Å². The quantitative estimate of drug-likeness (QED) is 0.634. The van der Waals surface area contributed by atoms with Crippen molar-refractivity contribution in [2.24, 2.45) is 0 Å². The molecule has 1 nitrogen and oxygen atoms in total. The van der Waals surface area contributed by atoms with E-state index >= 15 is 0 Å². The van der Waals surface area contributed by atoms with Gasteiger partial charge in [-0.05, 0) is 32.5 Å². The second-order valence-electron chi connectivity index (χ2n) is 4.44. The van der Waals surface area contributed by atoms with Gasteiger partial charge in [0.1, 0.15) is 0 Å². The van der Waals surface area contributed by atoms with Crippen LogP contribution in [0.2, 0.25) is 19.1 Å². The minimum Gasteiger partial charge on any atom is -0.417 e. The van der Waals surface area contributed by atoms with E-state index < -0.39 is 20.4 Å². The highest BCUT2D eigenvalue weighted by atomic mass is 28.4. The summed E-state index contributed by atoms with van der Waals surface area (Å²) in [7, 11) is -1.09. The number of hydrogen-bond acceptors (Lipinski definition) is 1. The molecule has 1 aliphatic heterocycles. The van der Waals surface area contributed by atoms with Gasteiger partial charge in [-0.15, -0.1) is 0 Å². The third kappa shape index (κ3) is 7.85. The van der Waals surface area contributed by atoms with Crippen LogP contribution in [0.15, 0.2) is 0 Å².